The van der Waals surface area contributed by atoms with Crippen LogP contribution in [0, 0.1) is 5.92 Å². The standard InChI is InChI=1S/C22H35N5O2/c1-2-23-22(25-13-6-14-29-17-18-10-15-28-16-11-18)24-12-5-9-21-26-19-7-3-4-8-20(19)27-21/h3-4,7-8,18H,2,5-6,9-17H2,1H3,(H,26,27)(H2,23,24,25). The van der Waals surface area contributed by atoms with Crippen LogP contribution in [0.3, 0.4) is 0 Å². The first-order valence-electron chi connectivity index (χ1n) is 11.0. The molecular formula is C22H35N5O2. The second-order valence-electron chi connectivity index (χ2n) is 7.48. The molecule has 1 fully saturated rings. The minimum atomic E-state index is 0.669. The molecule has 0 atom stereocenters. The van der Waals surface area contributed by atoms with Crippen molar-refractivity contribution in [3.63, 3.8) is 0 Å². The monoisotopic (exact) mass is 401 g/mol. The molecular weight excluding hydrogens is 366 g/mol. The lowest BCUT2D eigenvalue weighted by molar-refractivity contribution is 0.0203. The van der Waals surface area contributed by atoms with Gasteiger partial charge in [0.1, 0.15) is 5.82 Å². The van der Waals surface area contributed by atoms with Gasteiger partial charge in [-0.1, -0.05) is 12.1 Å². The van der Waals surface area contributed by atoms with Gasteiger partial charge in [0, 0.05) is 52.5 Å². The van der Waals surface area contributed by atoms with E-state index in [1.54, 1.807) is 0 Å². The van der Waals surface area contributed by atoms with E-state index < -0.39 is 0 Å². The van der Waals surface area contributed by atoms with Crippen LogP contribution >= 0.6 is 0 Å². The highest BCUT2D eigenvalue weighted by atomic mass is 16.5. The molecule has 0 bridgehead atoms. The normalized spacial score (nSPS) is 15.7. The zero-order valence-corrected chi connectivity index (χ0v) is 17.6. The van der Waals surface area contributed by atoms with Crippen molar-refractivity contribution in [3.8, 4) is 0 Å². The highest BCUT2D eigenvalue weighted by molar-refractivity contribution is 5.79. The van der Waals surface area contributed by atoms with E-state index in [4.69, 9.17) is 9.47 Å². The Morgan fingerprint density at radius 2 is 2.10 bits per heavy atom. The van der Waals surface area contributed by atoms with Gasteiger partial charge in [-0.05, 0) is 50.7 Å². The lowest BCUT2D eigenvalue weighted by Gasteiger charge is -2.21. The summed E-state index contributed by atoms with van der Waals surface area (Å²) in [6.45, 7) is 7.99. The van der Waals surface area contributed by atoms with Gasteiger partial charge in [0.05, 0.1) is 11.0 Å². The number of ether oxygens (including phenoxy) is 2. The Balaban J connectivity index is 1.29. The second kappa shape index (κ2) is 12.4. The lowest BCUT2D eigenvalue weighted by atomic mass is 10.0. The number of guanidine groups is 1. The third-order valence-electron chi connectivity index (χ3n) is 5.08. The van der Waals surface area contributed by atoms with Crippen molar-refractivity contribution in [2.45, 2.75) is 39.0 Å². The zero-order valence-electron chi connectivity index (χ0n) is 17.6. The van der Waals surface area contributed by atoms with Crippen molar-refractivity contribution in [2.24, 2.45) is 10.9 Å². The molecule has 160 valence electrons. The molecule has 1 aromatic carbocycles. The van der Waals surface area contributed by atoms with Crippen LogP contribution in [0.4, 0.5) is 0 Å². The summed E-state index contributed by atoms with van der Waals surface area (Å²) in [5.41, 5.74) is 2.13. The number of aryl methyl sites for hydroxylation is 1. The number of rotatable bonds is 11. The molecule has 0 spiro atoms. The maximum absolute atomic E-state index is 5.82. The Bertz CT molecular complexity index is 707. The van der Waals surface area contributed by atoms with E-state index in [0.717, 1.165) is 101 Å². The highest BCUT2D eigenvalue weighted by Crippen LogP contribution is 2.14. The molecule has 2 heterocycles. The summed E-state index contributed by atoms with van der Waals surface area (Å²) in [5.74, 6) is 2.57. The van der Waals surface area contributed by atoms with Gasteiger partial charge in [-0.2, -0.15) is 0 Å². The third kappa shape index (κ3) is 7.66. The Morgan fingerprint density at radius 1 is 1.24 bits per heavy atom. The predicted molar refractivity (Wildman–Crippen MR) is 117 cm³/mol. The number of benzene rings is 1. The van der Waals surface area contributed by atoms with Gasteiger partial charge in [-0.3, -0.25) is 4.99 Å². The smallest absolute Gasteiger partial charge is 0.191 e. The van der Waals surface area contributed by atoms with Gasteiger partial charge in [-0.25, -0.2) is 4.98 Å². The number of aliphatic imine (C=N–C) groups is 1. The average Bonchev–Trinajstić information content (AvgIpc) is 3.17. The Morgan fingerprint density at radius 3 is 2.93 bits per heavy atom. The first kappa shape index (κ1) is 21.6. The molecule has 3 N–H and O–H groups in total. The van der Waals surface area contributed by atoms with Crippen LogP contribution in [-0.4, -0.2) is 62.0 Å². The van der Waals surface area contributed by atoms with Crippen molar-refractivity contribution in [2.75, 3.05) is 46.1 Å². The maximum Gasteiger partial charge on any atom is 0.191 e. The molecule has 0 saturated carbocycles. The summed E-state index contributed by atoms with van der Waals surface area (Å²) in [4.78, 5) is 12.7. The molecule has 0 aliphatic carbocycles. The molecule has 1 aliphatic heterocycles. The van der Waals surface area contributed by atoms with Crippen LogP contribution in [0.5, 0.6) is 0 Å². The van der Waals surface area contributed by atoms with E-state index in [1.807, 2.05) is 18.2 Å². The molecule has 0 amide bonds. The van der Waals surface area contributed by atoms with Crippen molar-refractivity contribution >= 4 is 17.0 Å². The SMILES string of the molecule is CCNC(=NCCCc1nc2ccccc2[nH]1)NCCCOCC1CCOCC1. The number of hydrogen-bond acceptors (Lipinski definition) is 4. The number of hydrogen-bond donors (Lipinski definition) is 3. The third-order valence-corrected chi connectivity index (χ3v) is 5.08. The van der Waals surface area contributed by atoms with E-state index in [0.29, 0.717) is 5.92 Å². The number of para-hydroxylation sites is 2. The van der Waals surface area contributed by atoms with Gasteiger partial charge < -0.3 is 25.1 Å². The minimum Gasteiger partial charge on any atom is -0.381 e. The van der Waals surface area contributed by atoms with Crippen molar-refractivity contribution in [1.29, 1.82) is 0 Å². The van der Waals surface area contributed by atoms with Gasteiger partial charge >= 0.3 is 0 Å². The molecule has 1 saturated heterocycles. The predicted octanol–water partition coefficient (Wildman–Crippen LogP) is 2.88. The van der Waals surface area contributed by atoms with Gasteiger partial charge in [0.2, 0.25) is 0 Å². The van der Waals surface area contributed by atoms with E-state index in [1.165, 1.54) is 0 Å². The van der Waals surface area contributed by atoms with Gasteiger partial charge in [0.15, 0.2) is 5.96 Å². The molecule has 1 aromatic heterocycles. The average molecular weight is 402 g/mol. The molecule has 7 nitrogen and oxygen atoms in total. The van der Waals surface area contributed by atoms with Crippen molar-refractivity contribution in [1.82, 2.24) is 20.6 Å². The molecule has 2 aromatic rings. The fourth-order valence-electron chi connectivity index (χ4n) is 3.45. The van der Waals surface area contributed by atoms with E-state index in [-0.39, 0.29) is 0 Å². The summed E-state index contributed by atoms with van der Waals surface area (Å²) < 4.78 is 11.2. The molecule has 29 heavy (non-hydrogen) atoms. The van der Waals surface area contributed by atoms with Crippen LogP contribution in [0.1, 0.15) is 38.4 Å². The second-order valence-corrected chi connectivity index (χ2v) is 7.48. The van der Waals surface area contributed by atoms with E-state index in [2.05, 4.69) is 38.6 Å². The Labute approximate surface area is 173 Å². The number of aromatic nitrogens is 2. The first-order chi connectivity index (χ1) is 14.3. The summed E-state index contributed by atoms with van der Waals surface area (Å²) >= 11 is 0. The fourth-order valence-corrected chi connectivity index (χ4v) is 3.45. The summed E-state index contributed by atoms with van der Waals surface area (Å²) in [7, 11) is 0. The summed E-state index contributed by atoms with van der Waals surface area (Å²) in [5, 5.41) is 6.70. The van der Waals surface area contributed by atoms with Crippen LogP contribution in [0.2, 0.25) is 0 Å². The van der Waals surface area contributed by atoms with Crippen LogP contribution in [0.15, 0.2) is 29.3 Å². The van der Waals surface area contributed by atoms with E-state index >= 15 is 0 Å². The lowest BCUT2D eigenvalue weighted by Crippen LogP contribution is -2.38. The first-order valence-corrected chi connectivity index (χ1v) is 11.0. The largest absolute Gasteiger partial charge is 0.381 e. The zero-order chi connectivity index (χ0) is 20.2. The van der Waals surface area contributed by atoms with Crippen LogP contribution in [0.25, 0.3) is 11.0 Å². The molecule has 1 aliphatic rings. The maximum atomic E-state index is 5.82. The number of imidazole rings is 1. The number of fused-ring (bicyclic) bond motifs is 1. The van der Waals surface area contributed by atoms with Crippen LogP contribution in [-0.2, 0) is 15.9 Å². The Hall–Kier alpha value is -2.12. The summed E-state index contributed by atoms with van der Waals surface area (Å²) in [6, 6.07) is 8.14. The van der Waals surface area contributed by atoms with E-state index in [9.17, 15) is 0 Å². The molecule has 3 rings (SSSR count). The van der Waals surface area contributed by atoms with Crippen LogP contribution < -0.4 is 10.6 Å². The van der Waals surface area contributed by atoms with Gasteiger partial charge in [-0.15, -0.1) is 0 Å². The van der Waals surface area contributed by atoms with Crippen molar-refractivity contribution < 1.29 is 9.47 Å². The number of aromatic amines is 1. The Kier molecular flexibility index (Phi) is 9.26. The highest BCUT2D eigenvalue weighted by Gasteiger charge is 2.13. The molecule has 0 unspecified atom stereocenters. The minimum absolute atomic E-state index is 0.669. The molecule has 7 heteroatoms. The quantitative estimate of drug-likeness (QED) is 0.306. The summed E-state index contributed by atoms with van der Waals surface area (Å²) in [6.07, 6.45) is 5.10. The fraction of sp³-hybridized carbons (Fsp3) is 0.636. The number of H-pyrrole nitrogens is 1. The number of nitrogens with zero attached hydrogens (tertiary/aromatic N) is 2. The van der Waals surface area contributed by atoms with Crippen molar-refractivity contribution in [3.05, 3.63) is 30.1 Å². The topological polar surface area (TPSA) is 83.6 Å². The van der Waals surface area contributed by atoms with Gasteiger partial charge in [0.25, 0.3) is 0 Å². The molecule has 0 radical (unpaired) electrons. The number of nitrogens with one attached hydrogen (secondary N) is 3.